The summed E-state index contributed by atoms with van der Waals surface area (Å²) in [5.74, 6) is -0.208. The van der Waals surface area contributed by atoms with E-state index in [0.29, 0.717) is 71.2 Å². The van der Waals surface area contributed by atoms with Crippen molar-refractivity contribution in [1.82, 2.24) is 24.8 Å². The first kappa shape index (κ1) is 29.5. The van der Waals surface area contributed by atoms with Crippen LogP contribution < -0.4 is 15.0 Å². The van der Waals surface area contributed by atoms with Crippen LogP contribution in [0.2, 0.25) is 10.0 Å². The number of aromatic nitrogens is 3. The second-order valence-electron chi connectivity index (χ2n) is 10.1. The molecule has 5 rings (SSSR count). The van der Waals surface area contributed by atoms with Gasteiger partial charge in [-0.1, -0.05) is 34.5 Å². The second-order valence-corrected chi connectivity index (χ2v) is 12.0. The monoisotopic (exact) mass is 619 g/mol. The molecular formula is C27H31Cl2N7O4S. The Morgan fingerprint density at radius 2 is 1.85 bits per heavy atom. The van der Waals surface area contributed by atoms with E-state index in [1.807, 2.05) is 9.80 Å². The quantitative estimate of drug-likeness (QED) is 0.357. The van der Waals surface area contributed by atoms with Crippen LogP contribution in [-0.4, -0.2) is 94.2 Å². The van der Waals surface area contributed by atoms with Crippen molar-refractivity contribution in [3.63, 3.8) is 0 Å². The molecule has 0 saturated carbocycles. The zero-order chi connectivity index (χ0) is 29.1. The van der Waals surface area contributed by atoms with Crippen molar-refractivity contribution in [1.29, 1.82) is 0 Å². The number of amides is 1. The van der Waals surface area contributed by atoms with Crippen molar-refractivity contribution in [2.45, 2.75) is 32.4 Å². The predicted octanol–water partition coefficient (Wildman–Crippen LogP) is 4.36. The highest BCUT2D eigenvalue weighted by molar-refractivity contribution is 7.16. The van der Waals surface area contributed by atoms with Crippen molar-refractivity contribution in [2.75, 3.05) is 56.6 Å². The van der Waals surface area contributed by atoms with E-state index in [4.69, 9.17) is 38.0 Å². The normalized spacial score (nSPS) is 18.0. The van der Waals surface area contributed by atoms with Crippen LogP contribution in [0.15, 0.2) is 24.5 Å². The molecule has 3 aromatic rings. The summed E-state index contributed by atoms with van der Waals surface area (Å²) in [5, 5.41) is 13.1. The molecule has 2 fully saturated rings. The molecule has 41 heavy (non-hydrogen) atoms. The molecule has 1 aromatic carbocycles. The van der Waals surface area contributed by atoms with Crippen LogP contribution >= 0.6 is 34.5 Å². The lowest BCUT2D eigenvalue weighted by atomic mass is 10.1. The molecule has 1 amide bonds. The SMILES string of the molecule is COc1c(Cl)cc(-c2nc(NC(=O)c3cnc(N4CCN(CC(=O)O)CC4)cn3)sc2CN2CCCC2C)cc1Cl. The number of hydrogen-bond acceptors (Lipinski definition) is 10. The van der Waals surface area contributed by atoms with Crippen molar-refractivity contribution in [3.05, 3.63) is 45.1 Å². The summed E-state index contributed by atoms with van der Waals surface area (Å²) < 4.78 is 5.30. The number of methoxy groups -OCH3 is 1. The van der Waals surface area contributed by atoms with Gasteiger partial charge in [-0.15, -0.1) is 0 Å². The number of nitrogens with zero attached hydrogens (tertiary/aromatic N) is 6. The molecule has 2 saturated heterocycles. The third kappa shape index (κ3) is 6.90. The maximum atomic E-state index is 13.1. The van der Waals surface area contributed by atoms with Gasteiger partial charge in [-0.05, 0) is 38.4 Å². The lowest BCUT2D eigenvalue weighted by Crippen LogP contribution is -2.48. The molecule has 0 aliphatic carbocycles. The van der Waals surface area contributed by atoms with Crippen LogP contribution in [0.1, 0.15) is 35.1 Å². The van der Waals surface area contributed by atoms with Crippen LogP contribution in [0.5, 0.6) is 5.75 Å². The first-order valence-corrected chi connectivity index (χ1v) is 14.9. The first-order chi connectivity index (χ1) is 19.7. The molecule has 14 heteroatoms. The Morgan fingerprint density at radius 3 is 2.44 bits per heavy atom. The van der Waals surface area contributed by atoms with E-state index in [-0.39, 0.29) is 12.2 Å². The summed E-state index contributed by atoms with van der Waals surface area (Å²) in [6, 6.07) is 4.00. The summed E-state index contributed by atoms with van der Waals surface area (Å²) in [6.07, 6.45) is 5.30. The number of halogens is 2. The minimum absolute atomic E-state index is 0.0222. The lowest BCUT2D eigenvalue weighted by Gasteiger charge is -2.34. The number of carbonyl (C=O) groups excluding carboxylic acids is 1. The first-order valence-electron chi connectivity index (χ1n) is 13.3. The number of ether oxygens (including phenoxy) is 1. The summed E-state index contributed by atoms with van der Waals surface area (Å²) in [6.45, 7) is 6.43. The molecule has 2 aliphatic heterocycles. The van der Waals surface area contributed by atoms with E-state index in [1.54, 1.807) is 18.3 Å². The number of aliphatic carboxylic acids is 1. The number of hydrogen-bond donors (Lipinski definition) is 2. The van der Waals surface area contributed by atoms with Crippen LogP contribution in [-0.2, 0) is 11.3 Å². The van der Waals surface area contributed by atoms with Gasteiger partial charge in [-0.25, -0.2) is 15.0 Å². The molecule has 0 spiro atoms. The van der Waals surface area contributed by atoms with Crippen molar-refractivity contribution < 1.29 is 19.4 Å². The fourth-order valence-corrected chi connectivity index (χ4v) is 6.78. The number of anilines is 2. The number of piperazine rings is 1. The zero-order valence-corrected chi connectivity index (χ0v) is 25.1. The Balaban J connectivity index is 1.32. The molecular weight excluding hydrogens is 589 g/mol. The smallest absolute Gasteiger partial charge is 0.317 e. The number of benzene rings is 1. The third-order valence-electron chi connectivity index (χ3n) is 7.36. The fraction of sp³-hybridized carbons (Fsp3) is 0.444. The summed E-state index contributed by atoms with van der Waals surface area (Å²) in [7, 11) is 1.52. The van der Waals surface area contributed by atoms with Crippen LogP contribution in [0.25, 0.3) is 11.3 Å². The summed E-state index contributed by atoms with van der Waals surface area (Å²) in [5.41, 5.74) is 1.62. The van der Waals surface area contributed by atoms with Gasteiger partial charge in [0.2, 0.25) is 0 Å². The van der Waals surface area contributed by atoms with Crippen LogP contribution in [0, 0.1) is 0 Å². The van der Waals surface area contributed by atoms with Gasteiger partial charge in [0.25, 0.3) is 5.91 Å². The molecule has 1 unspecified atom stereocenters. The van der Waals surface area contributed by atoms with E-state index in [0.717, 1.165) is 29.8 Å². The van der Waals surface area contributed by atoms with Gasteiger partial charge in [-0.3, -0.25) is 24.7 Å². The molecule has 0 radical (unpaired) electrons. The summed E-state index contributed by atoms with van der Waals surface area (Å²) in [4.78, 5) is 44.9. The number of likely N-dealkylation sites (tertiary alicyclic amines) is 1. The zero-order valence-electron chi connectivity index (χ0n) is 22.8. The second kappa shape index (κ2) is 12.9. The highest BCUT2D eigenvalue weighted by Gasteiger charge is 2.25. The van der Waals surface area contributed by atoms with Gasteiger partial charge in [0.15, 0.2) is 10.9 Å². The molecule has 2 aliphatic rings. The highest BCUT2D eigenvalue weighted by atomic mass is 35.5. The Morgan fingerprint density at radius 1 is 1.12 bits per heavy atom. The van der Waals surface area contributed by atoms with Gasteiger partial charge in [-0.2, -0.15) is 0 Å². The Kier molecular flexibility index (Phi) is 9.25. The minimum Gasteiger partial charge on any atom is -0.494 e. The molecule has 2 N–H and O–H groups in total. The predicted molar refractivity (Wildman–Crippen MR) is 160 cm³/mol. The largest absolute Gasteiger partial charge is 0.494 e. The number of nitrogens with one attached hydrogen (secondary N) is 1. The van der Waals surface area contributed by atoms with E-state index in [2.05, 4.69) is 27.1 Å². The maximum absolute atomic E-state index is 13.1. The number of carboxylic acids is 1. The maximum Gasteiger partial charge on any atom is 0.317 e. The van der Waals surface area contributed by atoms with Gasteiger partial charge in [0, 0.05) is 49.2 Å². The highest BCUT2D eigenvalue weighted by Crippen LogP contribution is 2.40. The van der Waals surface area contributed by atoms with E-state index >= 15 is 0 Å². The Labute approximate surface area is 252 Å². The third-order valence-corrected chi connectivity index (χ3v) is 8.87. The van der Waals surface area contributed by atoms with E-state index in [9.17, 15) is 9.59 Å². The standard InChI is InChI=1S/C27H31Cl2N7O4S/c1-16-4-3-5-36(16)14-21-24(17-10-18(28)25(40-2)19(29)11-17)32-27(41-21)33-26(39)20-12-31-22(13-30-20)35-8-6-34(7-9-35)15-23(37)38/h10-13,16H,3-9,14-15H2,1-2H3,(H,37,38)(H,32,33,39). The van der Waals surface area contributed by atoms with Crippen molar-refractivity contribution in [2.24, 2.45) is 0 Å². The summed E-state index contributed by atoms with van der Waals surface area (Å²) >= 11 is 14.3. The molecule has 2 aromatic heterocycles. The minimum atomic E-state index is -0.838. The van der Waals surface area contributed by atoms with Crippen LogP contribution in [0.3, 0.4) is 0 Å². The fourth-order valence-electron chi connectivity index (χ4n) is 5.13. The average molecular weight is 621 g/mol. The molecule has 0 bridgehead atoms. The van der Waals surface area contributed by atoms with Gasteiger partial charge < -0.3 is 14.7 Å². The van der Waals surface area contributed by atoms with E-state index < -0.39 is 11.9 Å². The molecule has 218 valence electrons. The topological polar surface area (TPSA) is 124 Å². The molecule has 1 atom stereocenters. The number of carboxylic acid groups (broad SMARTS) is 1. The van der Waals surface area contributed by atoms with Gasteiger partial charge in [0.05, 0.1) is 41.8 Å². The van der Waals surface area contributed by atoms with Crippen molar-refractivity contribution >= 4 is 57.4 Å². The van der Waals surface area contributed by atoms with Crippen LogP contribution in [0.4, 0.5) is 10.9 Å². The van der Waals surface area contributed by atoms with Gasteiger partial charge >= 0.3 is 5.97 Å². The molecule has 4 heterocycles. The Hall–Kier alpha value is -3.03. The Bertz CT molecular complexity index is 1390. The number of rotatable bonds is 9. The molecule has 11 nitrogen and oxygen atoms in total. The number of thiazole rings is 1. The lowest BCUT2D eigenvalue weighted by molar-refractivity contribution is -0.138. The average Bonchev–Trinajstić information content (AvgIpc) is 3.54. The van der Waals surface area contributed by atoms with Gasteiger partial charge in [0.1, 0.15) is 11.5 Å². The van der Waals surface area contributed by atoms with E-state index in [1.165, 1.54) is 24.6 Å². The number of carbonyl (C=O) groups is 2. The van der Waals surface area contributed by atoms with Crippen molar-refractivity contribution in [3.8, 4) is 17.0 Å².